The Hall–Kier alpha value is -1.42. The van der Waals surface area contributed by atoms with Crippen LogP contribution in [-0.2, 0) is 11.2 Å². The number of aryl methyl sites for hydroxylation is 1. The van der Waals surface area contributed by atoms with Crippen LogP contribution in [0.15, 0.2) is 6.07 Å². The maximum absolute atomic E-state index is 10.6. The largest absolute Gasteiger partial charge is 0.504 e. The van der Waals surface area contributed by atoms with Crippen molar-refractivity contribution < 1.29 is 19.7 Å². The zero-order valence-electron chi connectivity index (χ0n) is 8.37. The number of halogens is 1. The quantitative estimate of drug-likeness (QED) is 0.833. The fourth-order valence-corrected chi connectivity index (χ4v) is 1.50. The second kappa shape index (κ2) is 4.40. The lowest BCUT2D eigenvalue weighted by Crippen LogP contribution is -2.03. The molecule has 0 atom stereocenters. The number of hydrogen-bond donors (Lipinski definition) is 2. The lowest BCUT2D eigenvalue weighted by Gasteiger charge is -2.11. The molecule has 1 rings (SSSR count). The van der Waals surface area contributed by atoms with Crippen LogP contribution in [0, 0.1) is 6.92 Å². The van der Waals surface area contributed by atoms with Gasteiger partial charge in [0.25, 0.3) is 0 Å². The molecule has 0 spiro atoms. The molecule has 1 aromatic rings. The number of carbonyl (C=O) groups is 1. The van der Waals surface area contributed by atoms with Crippen LogP contribution >= 0.6 is 11.6 Å². The van der Waals surface area contributed by atoms with Crippen molar-refractivity contribution in [3.8, 4) is 11.5 Å². The van der Waals surface area contributed by atoms with E-state index in [1.54, 1.807) is 13.0 Å². The van der Waals surface area contributed by atoms with E-state index in [9.17, 15) is 9.90 Å². The van der Waals surface area contributed by atoms with E-state index in [4.69, 9.17) is 21.4 Å². The van der Waals surface area contributed by atoms with Gasteiger partial charge >= 0.3 is 5.97 Å². The van der Waals surface area contributed by atoms with E-state index in [1.807, 2.05) is 0 Å². The van der Waals surface area contributed by atoms with Crippen molar-refractivity contribution in [2.45, 2.75) is 13.3 Å². The third-order valence-electron chi connectivity index (χ3n) is 2.03. The molecule has 0 radical (unpaired) electrons. The van der Waals surface area contributed by atoms with Crippen LogP contribution in [0.5, 0.6) is 11.5 Å². The average Bonchev–Trinajstić information content (AvgIpc) is 2.18. The molecular weight excluding hydrogens is 220 g/mol. The molecule has 0 bridgehead atoms. The van der Waals surface area contributed by atoms with E-state index in [0.29, 0.717) is 5.56 Å². The number of phenolic OH excluding ortho intramolecular Hbond substituents is 1. The Kier molecular flexibility index (Phi) is 3.42. The first-order chi connectivity index (χ1) is 6.97. The molecule has 0 saturated carbocycles. The van der Waals surface area contributed by atoms with Gasteiger partial charge in [-0.3, -0.25) is 4.79 Å². The van der Waals surface area contributed by atoms with Crippen LogP contribution in [0.25, 0.3) is 0 Å². The van der Waals surface area contributed by atoms with Crippen LogP contribution in [-0.4, -0.2) is 23.3 Å². The summed E-state index contributed by atoms with van der Waals surface area (Å²) in [6.45, 7) is 1.72. The van der Waals surface area contributed by atoms with Crippen molar-refractivity contribution >= 4 is 17.6 Å². The third kappa shape index (κ3) is 2.33. The van der Waals surface area contributed by atoms with Crippen molar-refractivity contribution in [1.29, 1.82) is 0 Å². The maximum atomic E-state index is 10.6. The summed E-state index contributed by atoms with van der Waals surface area (Å²) in [6, 6.07) is 1.56. The summed E-state index contributed by atoms with van der Waals surface area (Å²) in [4.78, 5) is 10.6. The van der Waals surface area contributed by atoms with E-state index in [1.165, 1.54) is 7.11 Å². The molecule has 0 fully saturated rings. The van der Waals surface area contributed by atoms with Gasteiger partial charge in [-0.1, -0.05) is 11.6 Å². The number of methoxy groups -OCH3 is 1. The van der Waals surface area contributed by atoms with Crippen molar-refractivity contribution in [2.75, 3.05) is 7.11 Å². The Balaban J connectivity index is 3.33. The summed E-state index contributed by atoms with van der Waals surface area (Å²) in [6.07, 6.45) is -0.331. The molecule has 2 N–H and O–H groups in total. The number of hydrogen-bond acceptors (Lipinski definition) is 3. The predicted octanol–water partition coefficient (Wildman–Crippen LogP) is 1.99. The number of carboxylic acid groups (broad SMARTS) is 1. The number of phenols is 1. The zero-order chi connectivity index (χ0) is 11.6. The third-order valence-corrected chi connectivity index (χ3v) is 2.55. The van der Waals surface area contributed by atoms with Crippen LogP contribution < -0.4 is 4.74 Å². The Bertz CT molecular complexity index is 401. The molecular formula is C10H11ClO4. The van der Waals surface area contributed by atoms with Gasteiger partial charge in [0.05, 0.1) is 18.6 Å². The minimum absolute atomic E-state index is 0.181. The lowest BCUT2D eigenvalue weighted by atomic mass is 10.1. The van der Waals surface area contributed by atoms with Crippen molar-refractivity contribution in [1.82, 2.24) is 0 Å². The van der Waals surface area contributed by atoms with Gasteiger partial charge in [0.15, 0.2) is 11.5 Å². The molecule has 0 aliphatic heterocycles. The molecule has 0 amide bonds. The summed E-state index contributed by atoms with van der Waals surface area (Å²) in [5.74, 6) is -1.04. The average molecular weight is 231 g/mol. The van der Waals surface area contributed by atoms with Crippen LogP contribution in [0.3, 0.4) is 0 Å². The van der Waals surface area contributed by atoms with Gasteiger partial charge in [0.2, 0.25) is 0 Å². The first-order valence-electron chi connectivity index (χ1n) is 4.24. The zero-order valence-corrected chi connectivity index (χ0v) is 9.13. The van der Waals surface area contributed by atoms with Gasteiger partial charge in [-0.2, -0.15) is 0 Å². The normalized spacial score (nSPS) is 10.1. The molecule has 1 aromatic carbocycles. The number of benzene rings is 1. The van der Waals surface area contributed by atoms with E-state index in [2.05, 4.69) is 0 Å². The molecule has 0 aliphatic rings. The highest BCUT2D eigenvalue weighted by molar-refractivity contribution is 6.32. The lowest BCUT2D eigenvalue weighted by molar-refractivity contribution is -0.136. The molecule has 5 heteroatoms. The molecule has 0 aromatic heterocycles. The van der Waals surface area contributed by atoms with Crippen LogP contribution in [0.2, 0.25) is 5.02 Å². The SMILES string of the molecule is COc1cc(C)c(Cl)c(CC(=O)O)c1O. The molecule has 4 nitrogen and oxygen atoms in total. The molecule has 0 heterocycles. The van der Waals surface area contributed by atoms with Gasteiger partial charge in [0.1, 0.15) is 0 Å². The number of aromatic hydroxyl groups is 1. The van der Waals surface area contributed by atoms with E-state index >= 15 is 0 Å². The molecule has 15 heavy (non-hydrogen) atoms. The summed E-state index contributed by atoms with van der Waals surface area (Å²) in [5.41, 5.74) is 0.851. The predicted molar refractivity (Wildman–Crippen MR) is 55.7 cm³/mol. The molecule has 82 valence electrons. The highest BCUT2D eigenvalue weighted by Crippen LogP contribution is 2.37. The number of rotatable bonds is 3. The first kappa shape index (κ1) is 11.7. The van der Waals surface area contributed by atoms with Gasteiger partial charge in [-0.15, -0.1) is 0 Å². The summed E-state index contributed by atoms with van der Waals surface area (Å²) < 4.78 is 4.90. The maximum Gasteiger partial charge on any atom is 0.308 e. The molecule has 0 unspecified atom stereocenters. The van der Waals surface area contributed by atoms with Gasteiger partial charge in [-0.25, -0.2) is 0 Å². The van der Waals surface area contributed by atoms with Gasteiger partial charge in [-0.05, 0) is 18.6 Å². The second-order valence-corrected chi connectivity index (χ2v) is 3.49. The summed E-state index contributed by atoms with van der Waals surface area (Å²) in [5, 5.41) is 18.6. The standard InChI is InChI=1S/C10H11ClO4/c1-5-3-7(15-2)10(14)6(9(5)11)4-8(12)13/h3,14H,4H2,1-2H3,(H,12,13). The Labute approximate surface area is 92.1 Å². The smallest absolute Gasteiger partial charge is 0.308 e. The molecule has 0 aliphatic carbocycles. The monoisotopic (exact) mass is 230 g/mol. The number of ether oxygens (including phenoxy) is 1. The van der Waals surface area contributed by atoms with Crippen molar-refractivity contribution in [2.24, 2.45) is 0 Å². The van der Waals surface area contributed by atoms with E-state index < -0.39 is 5.97 Å². The van der Waals surface area contributed by atoms with Crippen LogP contribution in [0.1, 0.15) is 11.1 Å². The van der Waals surface area contributed by atoms with Gasteiger partial charge in [0, 0.05) is 5.56 Å². The van der Waals surface area contributed by atoms with Crippen molar-refractivity contribution in [3.05, 3.63) is 22.2 Å². The van der Waals surface area contributed by atoms with E-state index in [0.717, 1.165) is 0 Å². The van der Waals surface area contributed by atoms with Crippen LogP contribution in [0.4, 0.5) is 0 Å². The minimum atomic E-state index is -1.06. The Morgan fingerprint density at radius 3 is 2.67 bits per heavy atom. The highest BCUT2D eigenvalue weighted by atomic mass is 35.5. The fraction of sp³-hybridized carbons (Fsp3) is 0.300. The number of aliphatic carboxylic acids is 1. The Morgan fingerprint density at radius 1 is 1.60 bits per heavy atom. The van der Waals surface area contributed by atoms with Gasteiger partial charge < -0.3 is 14.9 Å². The first-order valence-corrected chi connectivity index (χ1v) is 4.62. The fourth-order valence-electron chi connectivity index (χ4n) is 1.29. The topological polar surface area (TPSA) is 66.8 Å². The summed E-state index contributed by atoms with van der Waals surface area (Å²) >= 11 is 5.89. The Morgan fingerprint density at radius 2 is 2.20 bits per heavy atom. The highest BCUT2D eigenvalue weighted by Gasteiger charge is 2.17. The van der Waals surface area contributed by atoms with Crippen molar-refractivity contribution in [3.63, 3.8) is 0 Å². The number of carboxylic acids is 1. The summed E-state index contributed by atoms with van der Waals surface area (Å²) in [7, 11) is 1.40. The molecule has 0 saturated heterocycles. The minimum Gasteiger partial charge on any atom is -0.504 e. The second-order valence-electron chi connectivity index (χ2n) is 3.11. The van der Waals surface area contributed by atoms with E-state index in [-0.39, 0.29) is 28.5 Å².